The van der Waals surface area contributed by atoms with Crippen molar-refractivity contribution in [3.8, 4) is 0 Å². The van der Waals surface area contributed by atoms with Crippen LogP contribution in [0.15, 0.2) is 53.6 Å². The lowest BCUT2D eigenvalue weighted by molar-refractivity contribution is -0.110. The van der Waals surface area contributed by atoms with Gasteiger partial charge >= 0.3 is 0 Å². The second kappa shape index (κ2) is 3.92. The van der Waals surface area contributed by atoms with Crippen LogP contribution in [0.3, 0.4) is 0 Å². The molecule has 3 heteroatoms. The van der Waals surface area contributed by atoms with Gasteiger partial charge in [-0.1, -0.05) is 0 Å². The molecule has 0 radical (unpaired) electrons. The summed E-state index contributed by atoms with van der Waals surface area (Å²) < 4.78 is 0. The summed E-state index contributed by atoms with van der Waals surface area (Å²) in [5.74, 6) is 0. The van der Waals surface area contributed by atoms with E-state index in [0.717, 1.165) is 22.8 Å². The Morgan fingerprint density at radius 2 is 1.53 bits per heavy atom. The molecule has 0 fully saturated rings. The molecule has 0 atom stereocenters. The van der Waals surface area contributed by atoms with E-state index in [1.165, 1.54) is 0 Å². The summed E-state index contributed by atoms with van der Waals surface area (Å²) in [6, 6.07) is 7.42. The van der Waals surface area contributed by atoms with Gasteiger partial charge in [0.25, 0.3) is 0 Å². The summed E-state index contributed by atoms with van der Waals surface area (Å²) in [7, 11) is 0. The Kier molecular flexibility index (Phi) is 2.46. The van der Waals surface area contributed by atoms with Crippen molar-refractivity contribution in [2.24, 2.45) is 4.99 Å². The van der Waals surface area contributed by atoms with E-state index < -0.39 is 0 Å². The number of anilines is 1. The van der Waals surface area contributed by atoms with Crippen LogP contribution in [0, 0.1) is 0 Å². The fourth-order valence-electron chi connectivity index (χ4n) is 1.25. The van der Waals surface area contributed by atoms with E-state index in [9.17, 15) is 0 Å². The SMILES string of the molecule is Nc1ccc(N=C2C=CC(=[NH2+])C=C2)cc1. The smallest absolute Gasteiger partial charge is 0.196 e. The first kappa shape index (κ1) is 9.40. The third kappa shape index (κ3) is 2.40. The number of allylic oxidation sites excluding steroid dienone is 4. The van der Waals surface area contributed by atoms with Gasteiger partial charge in [-0.25, -0.2) is 4.99 Å². The number of aliphatic imine (C=N–C) groups is 1. The molecule has 0 bridgehead atoms. The van der Waals surface area contributed by atoms with E-state index in [-0.39, 0.29) is 0 Å². The second-order valence-corrected chi connectivity index (χ2v) is 3.29. The van der Waals surface area contributed by atoms with Crippen molar-refractivity contribution < 1.29 is 5.41 Å². The van der Waals surface area contributed by atoms with Crippen LogP contribution in [0.4, 0.5) is 11.4 Å². The van der Waals surface area contributed by atoms with E-state index in [1.54, 1.807) is 0 Å². The molecular formula is C12H12N3+. The highest BCUT2D eigenvalue weighted by Gasteiger charge is 2.00. The molecule has 1 aliphatic carbocycles. The number of benzene rings is 1. The average Bonchev–Trinajstić information content (AvgIpc) is 2.25. The van der Waals surface area contributed by atoms with Gasteiger partial charge < -0.3 is 5.73 Å². The first-order chi connectivity index (χ1) is 7.24. The number of nitrogen functional groups attached to an aromatic ring is 1. The highest BCUT2D eigenvalue weighted by atomic mass is 14.7. The molecule has 1 aliphatic rings. The first-order valence-corrected chi connectivity index (χ1v) is 4.67. The maximum Gasteiger partial charge on any atom is 0.196 e. The van der Waals surface area contributed by atoms with Crippen LogP contribution in [0.2, 0.25) is 0 Å². The zero-order chi connectivity index (χ0) is 10.7. The third-order valence-corrected chi connectivity index (χ3v) is 2.04. The molecule has 1 aromatic rings. The minimum atomic E-state index is 0.742. The lowest BCUT2D eigenvalue weighted by Crippen LogP contribution is -2.37. The Morgan fingerprint density at radius 1 is 0.933 bits per heavy atom. The summed E-state index contributed by atoms with van der Waals surface area (Å²) in [4.78, 5) is 4.41. The van der Waals surface area contributed by atoms with Gasteiger partial charge in [0.15, 0.2) is 5.71 Å². The molecule has 2 rings (SSSR count). The van der Waals surface area contributed by atoms with E-state index in [1.807, 2.05) is 48.6 Å². The lowest BCUT2D eigenvalue weighted by Gasteiger charge is -1.99. The van der Waals surface area contributed by atoms with Crippen molar-refractivity contribution in [3.63, 3.8) is 0 Å². The van der Waals surface area contributed by atoms with Gasteiger partial charge in [0.2, 0.25) is 0 Å². The van der Waals surface area contributed by atoms with Crippen molar-refractivity contribution in [1.82, 2.24) is 0 Å². The van der Waals surface area contributed by atoms with Crippen LogP contribution in [-0.4, -0.2) is 11.4 Å². The molecule has 0 unspecified atom stereocenters. The zero-order valence-corrected chi connectivity index (χ0v) is 8.22. The first-order valence-electron chi connectivity index (χ1n) is 4.67. The Bertz CT molecular complexity index is 446. The van der Waals surface area contributed by atoms with Crippen LogP contribution < -0.4 is 11.1 Å². The maximum absolute atomic E-state index is 5.58. The summed E-state index contributed by atoms with van der Waals surface area (Å²) in [6.07, 6.45) is 7.42. The zero-order valence-electron chi connectivity index (χ0n) is 8.22. The standard InChI is InChI=1S/C12H11N3/c13-9-1-5-11(6-2-9)15-12-7-3-10(14)4-8-12/h1-8,13H,14H2/p+1. The Balaban J connectivity index is 2.24. The number of nitrogens with two attached hydrogens (primary N) is 2. The summed E-state index contributed by atoms with van der Waals surface area (Å²) >= 11 is 0. The Hall–Kier alpha value is -2.16. The van der Waals surface area contributed by atoms with Gasteiger partial charge in [-0.05, 0) is 36.4 Å². The van der Waals surface area contributed by atoms with E-state index in [2.05, 4.69) is 4.99 Å². The van der Waals surface area contributed by atoms with Crippen molar-refractivity contribution in [1.29, 1.82) is 0 Å². The van der Waals surface area contributed by atoms with Gasteiger partial charge in [-0.3, -0.25) is 5.41 Å². The molecule has 15 heavy (non-hydrogen) atoms. The molecular weight excluding hydrogens is 186 g/mol. The second-order valence-electron chi connectivity index (χ2n) is 3.29. The van der Waals surface area contributed by atoms with Crippen molar-refractivity contribution in [2.45, 2.75) is 0 Å². The van der Waals surface area contributed by atoms with Crippen LogP contribution in [0.1, 0.15) is 0 Å². The molecule has 74 valence electrons. The Labute approximate surface area is 88.2 Å². The largest absolute Gasteiger partial charge is 0.399 e. The fraction of sp³-hybridized carbons (Fsp3) is 0. The van der Waals surface area contributed by atoms with Crippen LogP contribution >= 0.6 is 0 Å². The molecule has 4 N–H and O–H groups in total. The molecule has 0 heterocycles. The van der Waals surface area contributed by atoms with Gasteiger partial charge in [-0.2, -0.15) is 0 Å². The minimum absolute atomic E-state index is 0.742. The van der Waals surface area contributed by atoms with E-state index in [4.69, 9.17) is 11.1 Å². The molecule has 3 nitrogen and oxygen atoms in total. The highest BCUT2D eigenvalue weighted by Crippen LogP contribution is 2.15. The molecule has 1 aromatic carbocycles. The fourth-order valence-corrected chi connectivity index (χ4v) is 1.25. The number of nitrogens with zero attached hydrogens (tertiary/aromatic N) is 1. The molecule has 0 saturated carbocycles. The van der Waals surface area contributed by atoms with E-state index in [0.29, 0.717) is 0 Å². The van der Waals surface area contributed by atoms with Crippen molar-refractivity contribution in [3.05, 3.63) is 48.6 Å². The minimum Gasteiger partial charge on any atom is -0.399 e. The Morgan fingerprint density at radius 3 is 2.13 bits per heavy atom. The number of rotatable bonds is 1. The molecule has 0 saturated heterocycles. The van der Waals surface area contributed by atoms with Gasteiger partial charge in [-0.15, -0.1) is 0 Å². The summed E-state index contributed by atoms with van der Waals surface area (Å²) in [5, 5.41) is 5.58. The quantitative estimate of drug-likeness (QED) is 0.505. The van der Waals surface area contributed by atoms with Crippen LogP contribution in [0.25, 0.3) is 0 Å². The van der Waals surface area contributed by atoms with Gasteiger partial charge in [0.1, 0.15) is 0 Å². The summed E-state index contributed by atoms with van der Waals surface area (Å²) in [5.41, 5.74) is 8.83. The topological polar surface area (TPSA) is 64.0 Å². The number of hydrogen-bond acceptors (Lipinski definition) is 2. The number of hydrogen-bond donors (Lipinski definition) is 2. The van der Waals surface area contributed by atoms with Crippen molar-refractivity contribution in [2.75, 3.05) is 5.73 Å². The molecule has 0 aliphatic heterocycles. The monoisotopic (exact) mass is 198 g/mol. The third-order valence-electron chi connectivity index (χ3n) is 2.04. The molecule has 0 amide bonds. The highest BCUT2D eigenvalue weighted by molar-refractivity contribution is 6.17. The lowest BCUT2D eigenvalue weighted by atomic mass is 10.1. The normalized spacial score (nSPS) is 14.4. The molecule has 0 aromatic heterocycles. The predicted octanol–water partition coefficient (Wildman–Crippen LogP) is 0.667. The van der Waals surface area contributed by atoms with E-state index >= 15 is 0 Å². The van der Waals surface area contributed by atoms with Crippen LogP contribution in [0.5, 0.6) is 0 Å². The average molecular weight is 198 g/mol. The van der Waals surface area contributed by atoms with Gasteiger partial charge in [0.05, 0.1) is 11.4 Å². The van der Waals surface area contributed by atoms with Gasteiger partial charge in [0, 0.05) is 17.8 Å². The predicted molar refractivity (Wildman–Crippen MR) is 63.2 cm³/mol. The maximum atomic E-state index is 5.58. The molecule has 0 spiro atoms. The van der Waals surface area contributed by atoms with Crippen LogP contribution in [-0.2, 0) is 0 Å². The van der Waals surface area contributed by atoms with Crippen molar-refractivity contribution >= 4 is 22.8 Å². The summed E-state index contributed by atoms with van der Waals surface area (Å²) in [6.45, 7) is 0.